The number of halogens is 1. The van der Waals surface area contributed by atoms with Crippen molar-refractivity contribution in [3.05, 3.63) is 59.4 Å². The molecule has 19 heavy (non-hydrogen) atoms. The van der Waals surface area contributed by atoms with Crippen molar-refractivity contribution in [3.63, 3.8) is 0 Å². The van der Waals surface area contributed by atoms with E-state index in [1.165, 1.54) is 7.11 Å². The number of hydrogen-bond acceptors (Lipinski definition) is 3. The zero-order chi connectivity index (χ0) is 13.8. The molecule has 0 aromatic heterocycles. The van der Waals surface area contributed by atoms with Crippen LogP contribution in [0.1, 0.15) is 17.2 Å². The maximum Gasteiger partial charge on any atom is 0.170 e. The average molecular weight is 261 g/mol. The van der Waals surface area contributed by atoms with Crippen LogP contribution in [0.25, 0.3) is 0 Å². The molecule has 2 aromatic carbocycles. The van der Waals surface area contributed by atoms with Gasteiger partial charge in [-0.05, 0) is 23.8 Å². The maximum atomic E-state index is 14.2. The lowest BCUT2D eigenvalue weighted by Gasteiger charge is -2.15. The number of nitrogens with two attached hydrogens (primary N) is 1. The lowest BCUT2D eigenvalue weighted by Crippen LogP contribution is -2.14. The Morgan fingerprint density at radius 1 is 1.05 bits per heavy atom. The first-order valence-electron chi connectivity index (χ1n) is 5.89. The highest BCUT2D eigenvalue weighted by Crippen LogP contribution is 2.29. The van der Waals surface area contributed by atoms with Crippen LogP contribution >= 0.6 is 0 Å². The van der Waals surface area contributed by atoms with Crippen molar-refractivity contribution in [1.82, 2.24) is 0 Å². The molecule has 0 aliphatic rings. The van der Waals surface area contributed by atoms with E-state index in [4.69, 9.17) is 15.2 Å². The Balaban J connectivity index is 2.40. The molecule has 0 radical (unpaired) electrons. The Bertz CT molecular complexity index is 572. The summed E-state index contributed by atoms with van der Waals surface area (Å²) < 4.78 is 24.3. The second-order valence-corrected chi connectivity index (χ2v) is 4.12. The highest BCUT2D eigenvalue weighted by molar-refractivity contribution is 5.40. The number of rotatable bonds is 4. The monoisotopic (exact) mass is 261 g/mol. The molecule has 1 unspecified atom stereocenters. The van der Waals surface area contributed by atoms with Gasteiger partial charge in [-0.2, -0.15) is 0 Å². The normalized spacial score (nSPS) is 12.0. The van der Waals surface area contributed by atoms with Gasteiger partial charge in [-0.1, -0.05) is 24.3 Å². The lowest BCUT2D eigenvalue weighted by atomic mass is 9.98. The molecule has 1 atom stereocenters. The zero-order valence-electron chi connectivity index (χ0n) is 10.9. The molecule has 0 saturated heterocycles. The van der Waals surface area contributed by atoms with Crippen molar-refractivity contribution in [2.75, 3.05) is 14.2 Å². The molecule has 0 spiro atoms. The summed E-state index contributed by atoms with van der Waals surface area (Å²) in [5, 5.41) is 0. The van der Waals surface area contributed by atoms with Gasteiger partial charge in [0, 0.05) is 5.56 Å². The van der Waals surface area contributed by atoms with Crippen molar-refractivity contribution in [2.24, 2.45) is 5.73 Å². The predicted octanol–water partition coefficient (Wildman–Crippen LogP) is 2.89. The fraction of sp³-hybridized carbons (Fsp3) is 0.200. The second kappa shape index (κ2) is 5.71. The quantitative estimate of drug-likeness (QED) is 0.920. The van der Waals surface area contributed by atoms with Crippen molar-refractivity contribution in [2.45, 2.75) is 6.04 Å². The number of methoxy groups -OCH3 is 2. The highest BCUT2D eigenvalue weighted by atomic mass is 19.1. The smallest absolute Gasteiger partial charge is 0.170 e. The first kappa shape index (κ1) is 13.4. The van der Waals surface area contributed by atoms with Crippen molar-refractivity contribution in [3.8, 4) is 11.5 Å². The minimum atomic E-state index is -0.565. The fourth-order valence-electron chi connectivity index (χ4n) is 1.94. The molecule has 0 fully saturated rings. The van der Waals surface area contributed by atoms with E-state index in [1.807, 2.05) is 18.2 Å². The Hall–Kier alpha value is -2.07. The summed E-state index contributed by atoms with van der Waals surface area (Å²) in [6, 6.07) is 11.7. The fourth-order valence-corrected chi connectivity index (χ4v) is 1.94. The summed E-state index contributed by atoms with van der Waals surface area (Å²) in [5.41, 5.74) is 7.29. The molecule has 2 N–H and O–H groups in total. The second-order valence-electron chi connectivity index (χ2n) is 4.12. The van der Waals surface area contributed by atoms with Crippen LogP contribution in [0.2, 0.25) is 0 Å². The van der Waals surface area contributed by atoms with Crippen LogP contribution in [0.5, 0.6) is 11.5 Å². The third-order valence-electron chi connectivity index (χ3n) is 3.00. The summed E-state index contributed by atoms with van der Waals surface area (Å²) in [7, 11) is 3.01. The predicted molar refractivity (Wildman–Crippen MR) is 72.0 cm³/mol. The summed E-state index contributed by atoms with van der Waals surface area (Å²) in [5.74, 6) is 0.451. The summed E-state index contributed by atoms with van der Waals surface area (Å²) in [4.78, 5) is 0. The van der Waals surface area contributed by atoms with Gasteiger partial charge >= 0.3 is 0 Å². The van der Waals surface area contributed by atoms with Crippen LogP contribution in [0.3, 0.4) is 0 Å². The number of ether oxygens (including phenoxy) is 2. The van der Waals surface area contributed by atoms with E-state index in [2.05, 4.69) is 0 Å². The van der Waals surface area contributed by atoms with Crippen molar-refractivity contribution >= 4 is 0 Å². The summed E-state index contributed by atoms with van der Waals surface area (Å²) >= 11 is 0. The number of hydrogen-bond donors (Lipinski definition) is 1. The molecule has 0 amide bonds. The zero-order valence-corrected chi connectivity index (χ0v) is 10.9. The van der Waals surface area contributed by atoms with E-state index in [0.717, 1.165) is 5.56 Å². The molecule has 0 aliphatic heterocycles. The molecule has 0 aliphatic carbocycles. The van der Waals surface area contributed by atoms with E-state index < -0.39 is 11.9 Å². The molecule has 3 nitrogen and oxygen atoms in total. The standard InChI is InChI=1S/C15H16FNO2/c1-18-11-6-3-5-10(9-11)15(17)12-7-4-8-13(19-2)14(12)16/h3-9,15H,17H2,1-2H3. The topological polar surface area (TPSA) is 44.5 Å². The van der Waals surface area contributed by atoms with Crippen LogP contribution in [-0.4, -0.2) is 14.2 Å². The number of benzene rings is 2. The largest absolute Gasteiger partial charge is 0.497 e. The van der Waals surface area contributed by atoms with Gasteiger partial charge < -0.3 is 15.2 Å². The molecule has 0 bridgehead atoms. The van der Waals surface area contributed by atoms with Crippen molar-refractivity contribution < 1.29 is 13.9 Å². The maximum absolute atomic E-state index is 14.2. The molecule has 4 heteroatoms. The third kappa shape index (κ3) is 2.69. The van der Waals surface area contributed by atoms with Gasteiger partial charge in [-0.3, -0.25) is 0 Å². The first-order valence-corrected chi connectivity index (χ1v) is 5.89. The van der Waals surface area contributed by atoms with Crippen LogP contribution in [-0.2, 0) is 0 Å². The molecule has 2 rings (SSSR count). The molecule has 0 saturated carbocycles. The molecular weight excluding hydrogens is 245 g/mol. The third-order valence-corrected chi connectivity index (χ3v) is 3.00. The van der Waals surface area contributed by atoms with Gasteiger partial charge in [0.25, 0.3) is 0 Å². The van der Waals surface area contributed by atoms with Gasteiger partial charge in [0.2, 0.25) is 0 Å². The average Bonchev–Trinajstić information content (AvgIpc) is 2.47. The van der Waals surface area contributed by atoms with Crippen molar-refractivity contribution in [1.29, 1.82) is 0 Å². The van der Waals surface area contributed by atoms with Crippen LogP contribution in [0.15, 0.2) is 42.5 Å². The molecule has 100 valence electrons. The molecular formula is C15H16FNO2. The van der Waals surface area contributed by atoms with E-state index in [-0.39, 0.29) is 5.75 Å². The summed E-state index contributed by atoms with van der Waals surface area (Å²) in [6.45, 7) is 0. The van der Waals surface area contributed by atoms with E-state index in [0.29, 0.717) is 11.3 Å². The Morgan fingerprint density at radius 2 is 1.79 bits per heavy atom. The van der Waals surface area contributed by atoms with E-state index in [9.17, 15) is 4.39 Å². The Kier molecular flexibility index (Phi) is 4.02. The van der Waals surface area contributed by atoms with Gasteiger partial charge in [0.1, 0.15) is 5.75 Å². The Morgan fingerprint density at radius 3 is 2.47 bits per heavy atom. The van der Waals surface area contributed by atoms with Crippen LogP contribution < -0.4 is 15.2 Å². The minimum Gasteiger partial charge on any atom is -0.497 e. The highest BCUT2D eigenvalue weighted by Gasteiger charge is 2.17. The van der Waals surface area contributed by atoms with Gasteiger partial charge in [-0.25, -0.2) is 4.39 Å². The Labute approximate surface area is 111 Å². The van der Waals surface area contributed by atoms with Gasteiger partial charge in [0.15, 0.2) is 11.6 Å². The van der Waals surface area contributed by atoms with Gasteiger partial charge in [0.05, 0.1) is 20.3 Å². The molecule has 2 aromatic rings. The minimum absolute atomic E-state index is 0.191. The van der Waals surface area contributed by atoms with Crippen LogP contribution in [0.4, 0.5) is 4.39 Å². The van der Waals surface area contributed by atoms with E-state index >= 15 is 0 Å². The van der Waals surface area contributed by atoms with E-state index in [1.54, 1.807) is 31.4 Å². The SMILES string of the molecule is COc1cccc(C(N)c2cccc(OC)c2F)c1. The lowest BCUT2D eigenvalue weighted by molar-refractivity contribution is 0.383. The molecule has 0 heterocycles. The summed E-state index contributed by atoms with van der Waals surface area (Å²) in [6.07, 6.45) is 0. The first-order chi connectivity index (χ1) is 9.17. The van der Waals surface area contributed by atoms with Crippen LogP contribution in [0, 0.1) is 5.82 Å². The van der Waals surface area contributed by atoms with Gasteiger partial charge in [-0.15, -0.1) is 0 Å².